The Hall–Kier alpha value is -2.10. The zero-order chi connectivity index (χ0) is 20.6. The lowest BCUT2D eigenvalue weighted by Crippen LogP contribution is -2.40. The number of aromatic nitrogens is 2. The number of carbonyl (C=O) groups is 1. The highest BCUT2D eigenvalue weighted by molar-refractivity contribution is 14.0. The van der Waals surface area contributed by atoms with Gasteiger partial charge in [0.1, 0.15) is 12.4 Å². The Labute approximate surface area is 195 Å². The lowest BCUT2D eigenvalue weighted by atomic mass is 9.99. The predicted octanol–water partition coefficient (Wildman–Crippen LogP) is 2.95. The molecule has 2 unspecified atom stereocenters. The smallest absolute Gasteiger partial charge is 0.310 e. The number of nitrogens with one attached hydrogen (secondary N) is 1. The van der Waals surface area contributed by atoms with Crippen molar-refractivity contribution < 1.29 is 9.53 Å². The summed E-state index contributed by atoms with van der Waals surface area (Å²) in [5.74, 6) is 1.74. The van der Waals surface area contributed by atoms with Gasteiger partial charge in [-0.2, -0.15) is 0 Å². The molecule has 1 saturated heterocycles. The summed E-state index contributed by atoms with van der Waals surface area (Å²) in [7, 11) is 1.45. The lowest BCUT2D eigenvalue weighted by Gasteiger charge is -2.21. The van der Waals surface area contributed by atoms with Crippen molar-refractivity contribution in [3.63, 3.8) is 0 Å². The molecule has 3 rings (SSSR count). The molecule has 1 fully saturated rings. The van der Waals surface area contributed by atoms with E-state index in [0.29, 0.717) is 13.1 Å². The van der Waals surface area contributed by atoms with Crippen LogP contribution in [0, 0.1) is 11.8 Å². The zero-order valence-corrected chi connectivity index (χ0v) is 20.3. The van der Waals surface area contributed by atoms with Crippen molar-refractivity contribution in [2.45, 2.75) is 33.4 Å². The van der Waals surface area contributed by atoms with Crippen LogP contribution in [0.1, 0.15) is 25.2 Å². The molecular formula is C22H32IN5O2. The maximum absolute atomic E-state index is 12.0. The van der Waals surface area contributed by atoms with Gasteiger partial charge in [0, 0.05) is 38.6 Å². The Morgan fingerprint density at radius 1 is 1.30 bits per heavy atom. The van der Waals surface area contributed by atoms with E-state index < -0.39 is 0 Å². The van der Waals surface area contributed by atoms with E-state index in [1.54, 1.807) is 0 Å². The third-order valence-corrected chi connectivity index (χ3v) is 5.41. The van der Waals surface area contributed by atoms with E-state index in [1.165, 1.54) is 12.7 Å². The molecule has 30 heavy (non-hydrogen) atoms. The second-order valence-electron chi connectivity index (χ2n) is 7.45. The highest BCUT2D eigenvalue weighted by Gasteiger charge is 2.36. The van der Waals surface area contributed by atoms with E-state index >= 15 is 0 Å². The van der Waals surface area contributed by atoms with Gasteiger partial charge in [0.2, 0.25) is 0 Å². The maximum Gasteiger partial charge on any atom is 0.310 e. The van der Waals surface area contributed by atoms with Crippen LogP contribution in [0.25, 0.3) is 0 Å². The van der Waals surface area contributed by atoms with Gasteiger partial charge in [-0.05, 0) is 24.8 Å². The fourth-order valence-electron chi connectivity index (χ4n) is 3.76. The number of halogens is 1. The number of esters is 1. The quantitative estimate of drug-likeness (QED) is 0.261. The third kappa shape index (κ3) is 6.20. The van der Waals surface area contributed by atoms with Crippen LogP contribution in [0.3, 0.4) is 0 Å². The minimum Gasteiger partial charge on any atom is -0.469 e. The Bertz CT molecular complexity index is 824. The molecule has 1 aliphatic heterocycles. The van der Waals surface area contributed by atoms with E-state index in [0.717, 1.165) is 37.8 Å². The number of hydrogen-bond acceptors (Lipinski definition) is 4. The Morgan fingerprint density at radius 2 is 2.07 bits per heavy atom. The number of ether oxygens (including phenoxy) is 1. The number of benzene rings is 1. The fourth-order valence-corrected chi connectivity index (χ4v) is 3.76. The third-order valence-electron chi connectivity index (χ3n) is 5.41. The lowest BCUT2D eigenvalue weighted by molar-refractivity contribution is -0.145. The number of hydrogen-bond donors (Lipinski definition) is 1. The normalized spacial score (nSPS) is 18.8. The SMILES string of the molecule is CCNC(=NCc1nccn1CCc1ccccc1)N1CC(C)C(C(=O)OC)C1.I. The van der Waals surface area contributed by atoms with Crippen molar-refractivity contribution in [3.05, 3.63) is 54.1 Å². The molecule has 1 aromatic carbocycles. The van der Waals surface area contributed by atoms with Crippen LogP contribution in [-0.4, -0.2) is 53.1 Å². The van der Waals surface area contributed by atoms with Crippen LogP contribution < -0.4 is 5.32 Å². The van der Waals surface area contributed by atoms with Gasteiger partial charge in [-0.25, -0.2) is 9.98 Å². The summed E-state index contributed by atoms with van der Waals surface area (Å²) < 4.78 is 7.11. The maximum atomic E-state index is 12.0. The van der Waals surface area contributed by atoms with Gasteiger partial charge >= 0.3 is 5.97 Å². The molecule has 0 saturated carbocycles. The van der Waals surface area contributed by atoms with E-state index in [1.807, 2.05) is 25.4 Å². The van der Waals surface area contributed by atoms with Crippen molar-refractivity contribution in [1.82, 2.24) is 19.8 Å². The largest absolute Gasteiger partial charge is 0.469 e. The molecule has 1 aliphatic rings. The Kier molecular flexibility index (Phi) is 9.61. The van der Waals surface area contributed by atoms with Crippen LogP contribution in [0.4, 0.5) is 0 Å². The highest BCUT2D eigenvalue weighted by atomic mass is 127. The fraction of sp³-hybridized carbons (Fsp3) is 0.500. The van der Waals surface area contributed by atoms with Crippen molar-refractivity contribution in [2.75, 3.05) is 26.7 Å². The number of aryl methyl sites for hydroxylation is 2. The first-order chi connectivity index (χ1) is 14.1. The number of rotatable bonds is 7. The van der Waals surface area contributed by atoms with E-state index in [2.05, 4.69) is 51.0 Å². The average Bonchev–Trinajstić information content (AvgIpc) is 3.36. The molecule has 0 aliphatic carbocycles. The number of carbonyl (C=O) groups excluding carboxylic acids is 1. The molecule has 0 spiro atoms. The Balaban J connectivity index is 0.00000320. The second-order valence-corrected chi connectivity index (χ2v) is 7.45. The summed E-state index contributed by atoms with van der Waals surface area (Å²) in [4.78, 5) is 23.4. The summed E-state index contributed by atoms with van der Waals surface area (Å²) in [5, 5.41) is 3.35. The average molecular weight is 525 g/mol. The summed E-state index contributed by atoms with van der Waals surface area (Å²) in [6.45, 7) is 7.69. The first kappa shape index (κ1) is 24.2. The van der Waals surface area contributed by atoms with E-state index in [-0.39, 0.29) is 41.8 Å². The van der Waals surface area contributed by atoms with Gasteiger partial charge in [0.25, 0.3) is 0 Å². The van der Waals surface area contributed by atoms with Gasteiger partial charge in [0.05, 0.1) is 13.0 Å². The van der Waals surface area contributed by atoms with Crippen molar-refractivity contribution in [3.8, 4) is 0 Å². The highest BCUT2D eigenvalue weighted by Crippen LogP contribution is 2.24. The molecule has 164 valence electrons. The summed E-state index contributed by atoms with van der Waals surface area (Å²) >= 11 is 0. The van der Waals surface area contributed by atoms with Crippen LogP contribution in [0.2, 0.25) is 0 Å². The second kappa shape index (κ2) is 11.9. The Morgan fingerprint density at radius 3 is 2.77 bits per heavy atom. The minimum atomic E-state index is -0.146. The number of guanidine groups is 1. The standard InChI is InChI=1S/C22H31N5O2.HI/c1-4-23-22(27-15-17(2)19(16-27)21(28)29-3)25-14-20-24-11-13-26(20)12-10-18-8-6-5-7-9-18;/h5-9,11,13,17,19H,4,10,12,14-16H2,1-3H3,(H,23,25);1H. The molecule has 2 atom stereocenters. The summed E-state index contributed by atoms with van der Waals surface area (Å²) in [6.07, 6.45) is 4.79. The molecule has 0 amide bonds. The number of aliphatic imine (C=N–C) groups is 1. The molecule has 8 heteroatoms. The first-order valence-corrected chi connectivity index (χ1v) is 10.3. The zero-order valence-electron chi connectivity index (χ0n) is 18.0. The molecule has 0 radical (unpaired) electrons. The molecular weight excluding hydrogens is 493 g/mol. The topological polar surface area (TPSA) is 71.8 Å². The number of nitrogens with zero attached hydrogens (tertiary/aromatic N) is 4. The molecule has 1 N–H and O–H groups in total. The minimum absolute atomic E-state index is 0. The van der Waals surface area contributed by atoms with Crippen molar-refractivity contribution >= 4 is 35.9 Å². The van der Waals surface area contributed by atoms with Gasteiger partial charge in [-0.1, -0.05) is 37.3 Å². The van der Waals surface area contributed by atoms with Gasteiger partial charge in [-0.3, -0.25) is 4.79 Å². The summed E-state index contributed by atoms with van der Waals surface area (Å²) in [5.41, 5.74) is 1.31. The number of likely N-dealkylation sites (tertiary alicyclic amines) is 1. The number of methoxy groups -OCH3 is 1. The molecule has 0 bridgehead atoms. The van der Waals surface area contributed by atoms with Crippen LogP contribution in [0.15, 0.2) is 47.7 Å². The van der Waals surface area contributed by atoms with Gasteiger partial charge < -0.3 is 19.5 Å². The molecule has 1 aromatic heterocycles. The molecule has 2 aromatic rings. The molecule has 7 nitrogen and oxygen atoms in total. The van der Waals surface area contributed by atoms with Crippen LogP contribution in [-0.2, 0) is 29.0 Å². The first-order valence-electron chi connectivity index (χ1n) is 10.3. The summed E-state index contributed by atoms with van der Waals surface area (Å²) in [6, 6.07) is 10.5. The monoisotopic (exact) mass is 525 g/mol. The van der Waals surface area contributed by atoms with Crippen LogP contribution >= 0.6 is 24.0 Å². The van der Waals surface area contributed by atoms with Crippen molar-refractivity contribution in [2.24, 2.45) is 16.8 Å². The number of imidazole rings is 1. The predicted molar refractivity (Wildman–Crippen MR) is 129 cm³/mol. The van der Waals surface area contributed by atoms with E-state index in [9.17, 15) is 4.79 Å². The van der Waals surface area contributed by atoms with Crippen LogP contribution in [0.5, 0.6) is 0 Å². The van der Waals surface area contributed by atoms with Gasteiger partial charge in [-0.15, -0.1) is 24.0 Å². The molecule has 2 heterocycles. The van der Waals surface area contributed by atoms with Crippen molar-refractivity contribution in [1.29, 1.82) is 0 Å². The van der Waals surface area contributed by atoms with Gasteiger partial charge in [0.15, 0.2) is 5.96 Å². The van der Waals surface area contributed by atoms with E-state index in [4.69, 9.17) is 9.73 Å².